The van der Waals surface area contributed by atoms with Crippen molar-refractivity contribution in [3.05, 3.63) is 38.1 Å². The number of halogens is 1. The quantitative estimate of drug-likeness (QED) is 0.631. The number of nitrogens with one attached hydrogen (secondary N) is 1. The summed E-state index contributed by atoms with van der Waals surface area (Å²) in [5, 5.41) is 6.26. The number of carbonyl (C=O) groups excluding carboxylic acids is 1. The van der Waals surface area contributed by atoms with E-state index < -0.39 is 0 Å². The molecule has 0 aliphatic heterocycles. The Balaban J connectivity index is 1.80. The van der Waals surface area contributed by atoms with Gasteiger partial charge in [0.1, 0.15) is 9.88 Å². The van der Waals surface area contributed by atoms with E-state index in [0.717, 1.165) is 15.6 Å². The van der Waals surface area contributed by atoms with Crippen LogP contribution < -0.4 is 5.32 Å². The van der Waals surface area contributed by atoms with Crippen molar-refractivity contribution in [2.45, 2.75) is 26.7 Å². The molecule has 0 bridgehead atoms. The lowest BCUT2D eigenvalue weighted by Crippen LogP contribution is -2.11. The molecule has 0 saturated carbocycles. The van der Waals surface area contributed by atoms with E-state index in [2.05, 4.69) is 29.1 Å². The molecule has 0 atom stereocenters. The molecule has 0 aliphatic carbocycles. The molecule has 0 fully saturated rings. The number of nitrogens with zero attached hydrogens (tertiary/aromatic N) is 2. The van der Waals surface area contributed by atoms with Gasteiger partial charge in [0, 0.05) is 5.38 Å². The minimum absolute atomic E-state index is 0.168. The molecular formula is C15H14ClN3OS3. The molecule has 3 rings (SSSR count). The van der Waals surface area contributed by atoms with Crippen molar-refractivity contribution < 1.29 is 4.79 Å². The maximum absolute atomic E-state index is 12.5. The lowest BCUT2D eigenvalue weighted by atomic mass is 10.2. The fourth-order valence-corrected chi connectivity index (χ4v) is 4.83. The molecule has 3 aromatic rings. The first-order chi connectivity index (χ1) is 10.9. The first-order valence-corrected chi connectivity index (χ1v) is 9.83. The highest BCUT2D eigenvalue weighted by molar-refractivity contribution is 7.24. The summed E-state index contributed by atoms with van der Waals surface area (Å²) in [5.74, 6) is 0.177. The van der Waals surface area contributed by atoms with Crippen LogP contribution in [0.3, 0.4) is 0 Å². The molecule has 0 aromatic carbocycles. The van der Waals surface area contributed by atoms with E-state index in [0.29, 0.717) is 26.0 Å². The molecule has 23 heavy (non-hydrogen) atoms. The Bertz CT molecular complexity index is 850. The van der Waals surface area contributed by atoms with Gasteiger partial charge in [0.25, 0.3) is 5.91 Å². The average molecular weight is 384 g/mol. The Morgan fingerprint density at radius 1 is 1.26 bits per heavy atom. The SMILES string of the molecule is Cc1nc(-c2ccc(Cl)s2)sc1C(=O)Nc1nc(C(C)C)cs1. The molecular weight excluding hydrogens is 370 g/mol. The molecule has 120 valence electrons. The third kappa shape index (κ3) is 3.63. The second-order valence-corrected chi connectivity index (χ2v) is 8.80. The highest BCUT2D eigenvalue weighted by Crippen LogP contribution is 2.35. The van der Waals surface area contributed by atoms with Gasteiger partial charge in [-0.15, -0.1) is 34.0 Å². The van der Waals surface area contributed by atoms with E-state index in [1.54, 1.807) is 0 Å². The van der Waals surface area contributed by atoms with Crippen molar-refractivity contribution in [3.63, 3.8) is 0 Å². The van der Waals surface area contributed by atoms with Gasteiger partial charge in [-0.3, -0.25) is 10.1 Å². The minimum Gasteiger partial charge on any atom is -0.297 e. The second-order valence-electron chi connectivity index (χ2n) is 5.22. The third-order valence-corrected chi connectivity index (χ3v) is 6.45. The summed E-state index contributed by atoms with van der Waals surface area (Å²) in [6.45, 7) is 5.99. The standard InChI is InChI=1S/C15H14ClN3OS3/c1-7(2)9-6-21-15(18-9)19-13(20)12-8(3)17-14(23-12)10-4-5-11(16)22-10/h4-7H,1-3H3,(H,18,19,20). The zero-order valence-corrected chi connectivity index (χ0v) is 15.9. The van der Waals surface area contributed by atoms with Crippen LogP contribution >= 0.6 is 45.6 Å². The summed E-state index contributed by atoms with van der Waals surface area (Å²) >= 11 is 10.2. The lowest BCUT2D eigenvalue weighted by molar-refractivity contribution is 0.103. The van der Waals surface area contributed by atoms with Crippen molar-refractivity contribution >= 4 is 56.7 Å². The number of hydrogen-bond donors (Lipinski definition) is 1. The molecule has 0 radical (unpaired) electrons. The Labute approximate surface area is 151 Å². The summed E-state index contributed by atoms with van der Waals surface area (Å²) in [7, 11) is 0. The summed E-state index contributed by atoms with van der Waals surface area (Å²) < 4.78 is 0.711. The van der Waals surface area contributed by atoms with Crippen LogP contribution in [0, 0.1) is 6.92 Å². The molecule has 0 spiro atoms. The monoisotopic (exact) mass is 383 g/mol. The van der Waals surface area contributed by atoms with Gasteiger partial charge < -0.3 is 0 Å². The Hall–Kier alpha value is -1.28. The number of anilines is 1. The van der Waals surface area contributed by atoms with Gasteiger partial charge in [0.2, 0.25) is 0 Å². The molecule has 0 aliphatic rings. The number of thiophene rings is 1. The van der Waals surface area contributed by atoms with Gasteiger partial charge in [0.05, 0.1) is 20.6 Å². The van der Waals surface area contributed by atoms with Crippen LogP contribution in [0.2, 0.25) is 4.34 Å². The van der Waals surface area contributed by atoms with Crippen molar-refractivity contribution in [2.75, 3.05) is 5.32 Å². The number of hydrogen-bond acceptors (Lipinski definition) is 6. The second kappa shape index (κ2) is 6.68. The largest absolute Gasteiger partial charge is 0.297 e. The Kier molecular flexibility index (Phi) is 4.82. The molecule has 4 nitrogen and oxygen atoms in total. The first kappa shape index (κ1) is 16.6. The third-order valence-electron chi connectivity index (χ3n) is 3.12. The maximum Gasteiger partial charge on any atom is 0.269 e. The molecule has 1 amide bonds. The van der Waals surface area contributed by atoms with Gasteiger partial charge in [-0.2, -0.15) is 0 Å². The van der Waals surface area contributed by atoms with E-state index in [4.69, 9.17) is 11.6 Å². The number of carbonyl (C=O) groups is 1. The van der Waals surface area contributed by atoms with E-state index in [9.17, 15) is 4.79 Å². The summed E-state index contributed by atoms with van der Waals surface area (Å²) in [6, 6.07) is 3.75. The van der Waals surface area contributed by atoms with Gasteiger partial charge in [-0.05, 0) is 25.0 Å². The number of thiazole rings is 2. The maximum atomic E-state index is 12.5. The topological polar surface area (TPSA) is 54.9 Å². The van der Waals surface area contributed by atoms with E-state index in [-0.39, 0.29) is 5.91 Å². The zero-order valence-electron chi connectivity index (χ0n) is 12.7. The van der Waals surface area contributed by atoms with E-state index >= 15 is 0 Å². The number of aryl methyl sites for hydroxylation is 1. The molecule has 3 aromatic heterocycles. The first-order valence-electron chi connectivity index (χ1n) is 6.94. The normalized spacial score (nSPS) is 11.2. The van der Waals surface area contributed by atoms with Crippen LogP contribution in [0.4, 0.5) is 5.13 Å². The van der Waals surface area contributed by atoms with Crippen molar-refractivity contribution in [2.24, 2.45) is 0 Å². The van der Waals surface area contributed by atoms with Crippen LogP contribution in [-0.4, -0.2) is 15.9 Å². The van der Waals surface area contributed by atoms with Gasteiger partial charge in [0.15, 0.2) is 5.13 Å². The number of rotatable bonds is 4. The number of amides is 1. The predicted molar refractivity (Wildman–Crippen MR) is 99.3 cm³/mol. The van der Waals surface area contributed by atoms with Crippen LogP contribution in [-0.2, 0) is 0 Å². The van der Waals surface area contributed by atoms with Crippen LogP contribution in [0.1, 0.15) is 40.8 Å². The van der Waals surface area contributed by atoms with Crippen molar-refractivity contribution in [3.8, 4) is 9.88 Å². The predicted octanol–water partition coefficient (Wildman–Crippen LogP) is 5.67. The van der Waals surface area contributed by atoms with Crippen molar-refractivity contribution in [1.29, 1.82) is 0 Å². The van der Waals surface area contributed by atoms with Crippen LogP contribution in [0.25, 0.3) is 9.88 Å². The van der Waals surface area contributed by atoms with E-state index in [1.807, 2.05) is 24.4 Å². The molecule has 3 heterocycles. The lowest BCUT2D eigenvalue weighted by Gasteiger charge is -2.00. The summed E-state index contributed by atoms with van der Waals surface area (Å²) in [6.07, 6.45) is 0. The fourth-order valence-electron chi connectivity index (χ4n) is 1.90. The summed E-state index contributed by atoms with van der Waals surface area (Å²) in [5.41, 5.74) is 1.70. The Morgan fingerprint density at radius 2 is 2.04 bits per heavy atom. The van der Waals surface area contributed by atoms with Crippen LogP contribution in [0.15, 0.2) is 17.5 Å². The molecule has 0 saturated heterocycles. The highest BCUT2D eigenvalue weighted by atomic mass is 35.5. The molecule has 8 heteroatoms. The van der Waals surface area contributed by atoms with Gasteiger partial charge in [-0.25, -0.2) is 9.97 Å². The zero-order chi connectivity index (χ0) is 16.6. The molecule has 1 N–H and O–H groups in total. The van der Waals surface area contributed by atoms with Gasteiger partial charge >= 0.3 is 0 Å². The number of aromatic nitrogens is 2. The highest BCUT2D eigenvalue weighted by Gasteiger charge is 2.18. The van der Waals surface area contributed by atoms with Crippen molar-refractivity contribution in [1.82, 2.24) is 9.97 Å². The van der Waals surface area contributed by atoms with Gasteiger partial charge in [-0.1, -0.05) is 25.4 Å². The molecule has 0 unspecified atom stereocenters. The summed E-state index contributed by atoms with van der Waals surface area (Å²) in [4.78, 5) is 23.0. The Morgan fingerprint density at radius 3 is 2.65 bits per heavy atom. The average Bonchev–Trinajstić information content (AvgIpc) is 3.18. The smallest absolute Gasteiger partial charge is 0.269 e. The van der Waals surface area contributed by atoms with E-state index in [1.165, 1.54) is 34.0 Å². The minimum atomic E-state index is -0.168. The fraction of sp³-hybridized carbons (Fsp3) is 0.267. The van der Waals surface area contributed by atoms with Crippen LogP contribution in [0.5, 0.6) is 0 Å².